The zero-order valence-electron chi connectivity index (χ0n) is 25.8. The summed E-state index contributed by atoms with van der Waals surface area (Å²) in [4.78, 5) is 0. The van der Waals surface area contributed by atoms with Crippen LogP contribution in [0.1, 0.15) is 39.1 Å². The molecule has 0 atom stereocenters. The van der Waals surface area contributed by atoms with Gasteiger partial charge in [0.05, 0.1) is 0 Å². The van der Waals surface area contributed by atoms with Gasteiger partial charge < -0.3 is 37.6 Å². The first-order valence-corrected chi connectivity index (χ1v) is 4.08. The molecular formula is C6H30B2Li10N2O5S. The first-order chi connectivity index (χ1) is 4.50. The van der Waals surface area contributed by atoms with Gasteiger partial charge in [-0.2, -0.15) is 0 Å². The van der Waals surface area contributed by atoms with E-state index in [-0.39, 0.29) is 244 Å². The number of hydrogen-bond acceptors (Lipinski definition) is 7. The summed E-state index contributed by atoms with van der Waals surface area (Å²) in [6.45, 7) is 2.00. The van der Waals surface area contributed by atoms with Crippen LogP contribution in [0.4, 0.5) is 0 Å². The fraction of sp³-hybridized carbons (Fsp3) is 1.00. The molecule has 0 saturated carbocycles. The van der Waals surface area contributed by atoms with E-state index in [1.54, 1.807) is 0 Å². The molecule has 0 aromatic carbocycles. The van der Waals surface area contributed by atoms with Gasteiger partial charge >= 0.3 is 189 Å². The van der Waals surface area contributed by atoms with Gasteiger partial charge in [0, 0.05) is 40.4 Å². The monoisotopic (exact) mass is 334 g/mol. The predicted octanol–water partition coefficient (Wildman–Crippen LogP) is -28.8. The summed E-state index contributed by atoms with van der Waals surface area (Å²) in [7, 11) is -5.17. The van der Waals surface area contributed by atoms with E-state index in [1.807, 2.05) is 0 Å². The van der Waals surface area contributed by atoms with Gasteiger partial charge in [-0.05, 0) is 12.8 Å². The average Bonchev–Trinajstić information content (AvgIpc) is 2.07. The second-order valence-electron chi connectivity index (χ2n) is 1.73. The number of hydrogen-bond donors (Lipinski definition) is 2. The van der Waals surface area contributed by atoms with Crippen LogP contribution in [0.5, 0.6) is 0 Å². The Morgan fingerprint density at radius 1 is 0.615 bits per heavy atom. The Kier molecular flexibility index (Phi) is 512. The summed E-state index contributed by atoms with van der Waals surface area (Å²) in [6.07, 6.45) is 2.56. The van der Waals surface area contributed by atoms with Crippen molar-refractivity contribution in [1.29, 1.82) is 0 Å². The van der Waals surface area contributed by atoms with E-state index in [2.05, 4.69) is 0 Å². The van der Waals surface area contributed by atoms with Crippen LogP contribution in [0.2, 0.25) is 0 Å². The molecule has 0 bridgehead atoms. The van der Waals surface area contributed by atoms with Crippen molar-refractivity contribution in [2.45, 2.75) is 27.7 Å². The first kappa shape index (κ1) is 137. The second-order valence-corrected chi connectivity index (χ2v) is 2.54. The molecule has 6 radical (unpaired) electrons. The van der Waals surface area contributed by atoms with Gasteiger partial charge in [0.2, 0.25) is 0 Å². The molecule has 116 valence electrons. The van der Waals surface area contributed by atoms with Crippen molar-refractivity contribution in [3.8, 4) is 0 Å². The standard InChI is InChI=1S/C4H8O.2CH4.2B.10Li.2H3N.H2O4S.8H/c1-2-4-5-3-1;;;;;;;;;;;;;;;;;1-5(2,3)4;;;;;;;;/h1-4H2;2*1H4;;;;;;;;;;;;;2*1H3;(H2,1,2,3,4);;;;;;;;/q;;;;;10*+1;;;;8*-1/p-2. The first-order valence-electron chi connectivity index (χ1n) is 2.74. The van der Waals surface area contributed by atoms with Crippen LogP contribution in [0, 0.1) is 0 Å². The van der Waals surface area contributed by atoms with Gasteiger partial charge in [0.15, 0.2) is 0 Å². The van der Waals surface area contributed by atoms with Crippen molar-refractivity contribution in [2.24, 2.45) is 0 Å². The smallest absolute Gasteiger partial charge is 1.00 e. The zero-order chi connectivity index (χ0) is 8.04. The Balaban J connectivity index is -0.00000000121. The molecule has 26 heavy (non-hydrogen) atoms. The molecule has 0 unspecified atom stereocenters. The van der Waals surface area contributed by atoms with E-state index < -0.39 is 10.4 Å². The molecule has 0 aromatic heterocycles. The van der Waals surface area contributed by atoms with Crippen molar-refractivity contribution in [3.63, 3.8) is 0 Å². The normalized spacial score (nSPS) is 6.85. The van der Waals surface area contributed by atoms with Crippen LogP contribution < -0.4 is 201 Å². The Bertz CT molecular complexity index is 212. The predicted molar refractivity (Wildman–Crippen MR) is 74.4 cm³/mol. The maximum atomic E-state index is 8.52. The van der Waals surface area contributed by atoms with Gasteiger partial charge in [0.1, 0.15) is 0 Å². The molecule has 1 heterocycles. The van der Waals surface area contributed by atoms with Crippen LogP contribution in [-0.2, 0) is 15.1 Å². The van der Waals surface area contributed by atoms with Crippen LogP contribution in [0.3, 0.4) is 0 Å². The van der Waals surface area contributed by atoms with E-state index in [0.29, 0.717) is 0 Å². The molecule has 1 aliphatic rings. The molecule has 0 aliphatic carbocycles. The Labute approximate surface area is 298 Å². The zero-order valence-corrected chi connectivity index (χ0v) is 18.7. The summed E-state index contributed by atoms with van der Waals surface area (Å²) >= 11 is 0. The molecule has 1 saturated heterocycles. The van der Waals surface area contributed by atoms with Crippen LogP contribution in [-0.4, -0.2) is 47.6 Å². The minimum absolute atomic E-state index is 0. The number of ether oxygens (including phenoxy) is 1. The van der Waals surface area contributed by atoms with E-state index in [0.717, 1.165) is 13.2 Å². The second kappa shape index (κ2) is 96.8. The van der Waals surface area contributed by atoms with Crippen molar-refractivity contribution < 1.29 is 222 Å². The van der Waals surface area contributed by atoms with E-state index in [4.69, 9.17) is 22.3 Å². The fourth-order valence-electron chi connectivity index (χ4n) is 0.510. The summed E-state index contributed by atoms with van der Waals surface area (Å²) in [5.41, 5.74) is 0. The number of rotatable bonds is 0. The minimum atomic E-state index is -5.17. The summed E-state index contributed by atoms with van der Waals surface area (Å²) in [5.74, 6) is 0. The van der Waals surface area contributed by atoms with Gasteiger partial charge in [-0.25, -0.2) is 0 Å². The van der Waals surface area contributed by atoms with Crippen LogP contribution >= 0.6 is 0 Å². The molecule has 0 amide bonds. The summed E-state index contributed by atoms with van der Waals surface area (Å²) in [6, 6.07) is 0. The molecule has 1 aliphatic heterocycles. The van der Waals surface area contributed by atoms with Crippen LogP contribution in [0.15, 0.2) is 0 Å². The maximum absolute atomic E-state index is 8.52. The third-order valence-corrected chi connectivity index (χ3v) is 0.827. The third-order valence-electron chi connectivity index (χ3n) is 0.827. The largest absolute Gasteiger partial charge is 1.00 e. The molecule has 7 nitrogen and oxygen atoms in total. The molecule has 1 rings (SSSR count). The summed E-state index contributed by atoms with van der Waals surface area (Å²) in [5, 5.41) is 0. The van der Waals surface area contributed by atoms with Crippen molar-refractivity contribution in [2.75, 3.05) is 13.2 Å². The quantitative estimate of drug-likeness (QED) is 0.253. The Morgan fingerprint density at radius 2 is 0.731 bits per heavy atom. The van der Waals surface area contributed by atoms with Gasteiger partial charge in [-0.1, -0.05) is 14.9 Å². The van der Waals surface area contributed by atoms with E-state index in [9.17, 15) is 0 Å². The van der Waals surface area contributed by atoms with E-state index in [1.165, 1.54) is 12.8 Å². The van der Waals surface area contributed by atoms with Crippen LogP contribution in [0.25, 0.3) is 0 Å². The summed E-state index contributed by atoms with van der Waals surface area (Å²) < 4.78 is 39.0. The molecule has 20 heteroatoms. The third kappa shape index (κ3) is 211. The molecule has 6 N–H and O–H groups in total. The molecular weight excluding hydrogens is 303 g/mol. The van der Waals surface area contributed by atoms with Crippen molar-refractivity contribution in [3.05, 3.63) is 0 Å². The van der Waals surface area contributed by atoms with Gasteiger partial charge in [-0.15, -0.1) is 0 Å². The van der Waals surface area contributed by atoms with E-state index >= 15 is 0 Å². The average molecular weight is 333 g/mol. The Morgan fingerprint density at radius 3 is 0.769 bits per heavy atom. The fourth-order valence-corrected chi connectivity index (χ4v) is 0.510. The maximum Gasteiger partial charge on any atom is 1.00 e. The molecule has 1 fully saturated rings. The van der Waals surface area contributed by atoms with Crippen molar-refractivity contribution in [1.82, 2.24) is 12.3 Å². The molecule has 0 spiro atoms. The SMILES string of the molecule is C.C.C1CCOC1.N.N.O=S(=O)([O-])[O-].[B].[B].[H-].[H-].[H-].[H-].[H-].[H-].[H-].[H-].[Li+].[Li+].[Li+].[Li+].[Li+].[Li+].[Li+].[Li+].[Li+].[Li+]. The van der Waals surface area contributed by atoms with Gasteiger partial charge in [-0.3, -0.25) is 8.42 Å². The van der Waals surface area contributed by atoms with Crippen molar-refractivity contribution >= 4 is 27.2 Å². The Hall–Kier alpha value is 5.85. The minimum Gasteiger partial charge on any atom is -1.00 e. The van der Waals surface area contributed by atoms with Gasteiger partial charge in [0.25, 0.3) is 0 Å². The molecule has 0 aromatic rings. The topological polar surface area (TPSA) is 159 Å².